The van der Waals surface area contributed by atoms with Crippen LogP contribution >= 0.6 is 0 Å². The van der Waals surface area contributed by atoms with Crippen LogP contribution in [0.5, 0.6) is 11.5 Å². The van der Waals surface area contributed by atoms with Gasteiger partial charge in [-0.1, -0.05) is 185 Å². The van der Waals surface area contributed by atoms with Gasteiger partial charge in [0.1, 0.15) is 11.5 Å². The summed E-state index contributed by atoms with van der Waals surface area (Å²) in [6, 6.07) is 60.0. The number of benzene rings is 9. The molecule has 0 atom stereocenters. The Balaban J connectivity index is 1.04. The lowest BCUT2D eigenvalue weighted by Gasteiger charge is -2.31. The lowest BCUT2D eigenvalue weighted by atomic mass is 9.73. The fourth-order valence-corrected chi connectivity index (χ4v) is 8.83. The first-order valence-electron chi connectivity index (χ1n) is 19.6. The molecular weight excluding hydrogens is 681 g/mol. The Labute approximate surface area is 329 Å². The molecule has 0 heterocycles. The Kier molecular flexibility index (Phi) is 8.66. The molecule has 2 nitrogen and oxygen atoms in total. The first-order valence-corrected chi connectivity index (χ1v) is 19.6. The molecule has 274 valence electrons. The van der Waals surface area contributed by atoms with Gasteiger partial charge >= 0.3 is 0 Å². The Morgan fingerprint density at radius 1 is 0.321 bits per heavy atom. The molecule has 0 saturated carbocycles. The van der Waals surface area contributed by atoms with Crippen LogP contribution in [-0.4, -0.2) is 10.2 Å². The SMILES string of the molecule is CC(C)(c1cccc(C(C)(C)c2ccc(O)c(Cc3cc4ccccc4c4ccccc34)c2)c1)c1ccc(O)c(Cc2cc3ccccc3c3ccccc23)c1. The predicted octanol–water partition coefficient (Wildman–Crippen LogP) is 13.5. The van der Waals surface area contributed by atoms with Crippen LogP contribution in [0, 0.1) is 0 Å². The van der Waals surface area contributed by atoms with Crippen molar-refractivity contribution in [2.24, 2.45) is 0 Å². The van der Waals surface area contributed by atoms with Crippen LogP contribution in [-0.2, 0) is 23.7 Å². The van der Waals surface area contributed by atoms with Gasteiger partial charge in [-0.15, -0.1) is 0 Å². The van der Waals surface area contributed by atoms with Crippen molar-refractivity contribution in [3.63, 3.8) is 0 Å². The molecule has 2 N–H and O–H groups in total. The van der Waals surface area contributed by atoms with Crippen molar-refractivity contribution in [1.82, 2.24) is 0 Å². The minimum absolute atomic E-state index is 0.316. The van der Waals surface area contributed by atoms with Gasteiger partial charge in [0.2, 0.25) is 0 Å². The average Bonchev–Trinajstić information content (AvgIpc) is 3.22. The first-order chi connectivity index (χ1) is 27.1. The minimum Gasteiger partial charge on any atom is -0.508 e. The van der Waals surface area contributed by atoms with E-state index in [9.17, 15) is 10.2 Å². The van der Waals surface area contributed by atoms with Crippen molar-refractivity contribution in [2.45, 2.75) is 51.4 Å². The zero-order chi connectivity index (χ0) is 38.6. The van der Waals surface area contributed by atoms with Crippen LogP contribution in [0.25, 0.3) is 43.1 Å². The third kappa shape index (κ3) is 6.16. The smallest absolute Gasteiger partial charge is 0.119 e. The molecule has 0 bridgehead atoms. The molecule has 0 unspecified atom stereocenters. The zero-order valence-electron chi connectivity index (χ0n) is 32.5. The number of aromatic hydroxyl groups is 2. The molecule has 0 aliphatic heterocycles. The van der Waals surface area contributed by atoms with E-state index in [1.165, 1.54) is 65.3 Å². The van der Waals surface area contributed by atoms with Gasteiger partial charge < -0.3 is 10.2 Å². The van der Waals surface area contributed by atoms with Crippen LogP contribution in [0.4, 0.5) is 0 Å². The molecule has 0 aromatic heterocycles. The Morgan fingerprint density at radius 3 is 1.11 bits per heavy atom. The van der Waals surface area contributed by atoms with Crippen molar-refractivity contribution in [3.8, 4) is 11.5 Å². The van der Waals surface area contributed by atoms with Gasteiger partial charge in [0.15, 0.2) is 0 Å². The van der Waals surface area contributed by atoms with Crippen LogP contribution in [0.1, 0.15) is 72.2 Å². The molecule has 0 spiro atoms. The second-order valence-electron chi connectivity index (χ2n) is 16.5. The number of hydrogen-bond acceptors (Lipinski definition) is 2. The highest BCUT2D eigenvalue weighted by Crippen LogP contribution is 2.41. The van der Waals surface area contributed by atoms with E-state index in [4.69, 9.17) is 0 Å². The van der Waals surface area contributed by atoms with Crippen LogP contribution < -0.4 is 0 Å². The standard InChI is InChI=1S/C54H46O2/c1-53(2,43-24-26-51(55)39(32-43)30-37-28-35-14-5-7-18-45(35)49-22-11-9-20-47(37)49)41-16-13-17-42(34-41)54(3,4)44-25-27-52(56)40(33-44)31-38-29-36-15-6-8-19-46(36)50-23-12-10-21-48(38)50/h5-29,32-34,55-56H,30-31H2,1-4H3. The van der Waals surface area contributed by atoms with Crippen molar-refractivity contribution < 1.29 is 10.2 Å². The maximum absolute atomic E-state index is 11.2. The summed E-state index contributed by atoms with van der Waals surface area (Å²) in [6.45, 7) is 9.08. The Bertz CT molecular complexity index is 2750. The number of phenols is 2. The van der Waals surface area contributed by atoms with E-state index in [1.807, 2.05) is 12.1 Å². The van der Waals surface area contributed by atoms with E-state index in [2.05, 4.69) is 185 Å². The van der Waals surface area contributed by atoms with Gasteiger partial charge in [-0.25, -0.2) is 0 Å². The van der Waals surface area contributed by atoms with E-state index in [0.717, 1.165) is 22.3 Å². The highest BCUT2D eigenvalue weighted by Gasteiger charge is 2.29. The summed E-state index contributed by atoms with van der Waals surface area (Å²) in [5.74, 6) is 0.632. The molecule has 9 aromatic carbocycles. The molecule has 0 radical (unpaired) electrons. The number of hydrogen-bond donors (Lipinski definition) is 2. The summed E-state index contributed by atoms with van der Waals surface area (Å²) in [6.07, 6.45) is 1.26. The summed E-state index contributed by atoms with van der Waals surface area (Å²) in [5.41, 5.74) is 8.29. The van der Waals surface area contributed by atoms with E-state index in [1.54, 1.807) is 0 Å². The fourth-order valence-electron chi connectivity index (χ4n) is 8.83. The molecule has 0 aliphatic carbocycles. The second kappa shape index (κ2) is 13.7. The number of rotatable bonds is 8. The lowest BCUT2D eigenvalue weighted by molar-refractivity contribution is 0.468. The molecule has 9 rings (SSSR count). The Hall–Kier alpha value is -6.38. The third-order valence-electron chi connectivity index (χ3n) is 12.4. The van der Waals surface area contributed by atoms with Gasteiger partial charge in [-0.2, -0.15) is 0 Å². The largest absolute Gasteiger partial charge is 0.508 e. The topological polar surface area (TPSA) is 40.5 Å². The monoisotopic (exact) mass is 726 g/mol. The van der Waals surface area contributed by atoms with E-state index in [0.29, 0.717) is 24.3 Å². The molecule has 0 amide bonds. The maximum atomic E-state index is 11.2. The van der Waals surface area contributed by atoms with Crippen molar-refractivity contribution in [3.05, 3.63) is 214 Å². The summed E-state index contributed by atoms with van der Waals surface area (Å²) in [5, 5.41) is 32.2. The van der Waals surface area contributed by atoms with Crippen LogP contribution in [0.2, 0.25) is 0 Å². The fraction of sp³-hybridized carbons (Fsp3) is 0.148. The summed E-state index contributed by atoms with van der Waals surface area (Å²) >= 11 is 0. The van der Waals surface area contributed by atoms with Gasteiger partial charge in [-0.05, 0) is 99.7 Å². The average molecular weight is 727 g/mol. The maximum Gasteiger partial charge on any atom is 0.119 e. The molecule has 0 saturated heterocycles. The summed E-state index contributed by atoms with van der Waals surface area (Å²) in [4.78, 5) is 0. The minimum atomic E-state index is -0.336. The number of fused-ring (bicyclic) bond motifs is 6. The van der Waals surface area contributed by atoms with Crippen LogP contribution in [0.15, 0.2) is 170 Å². The molecule has 9 aromatic rings. The lowest BCUT2D eigenvalue weighted by Crippen LogP contribution is -2.23. The zero-order valence-corrected chi connectivity index (χ0v) is 32.5. The first kappa shape index (κ1) is 35.3. The third-order valence-corrected chi connectivity index (χ3v) is 12.4. The highest BCUT2D eigenvalue weighted by atomic mass is 16.3. The second-order valence-corrected chi connectivity index (χ2v) is 16.5. The van der Waals surface area contributed by atoms with E-state index >= 15 is 0 Å². The summed E-state index contributed by atoms with van der Waals surface area (Å²) in [7, 11) is 0. The molecular formula is C54H46O2. The van der Waals surface area contributed by atoms with Gasteiger partial charge in [-0.3, -0.25) is 0 Å². The Morgan fingerprint density at radius 2 is 0.679 bits per heavy atom. The quantitative estimate of drug-likeness (QED) is 0.153. The molecule has 0 aliphatic rings. The van der Waals surface area contributed by atoms with Crippen LogP contribution in [0.3, 0.4) is 0 Å². The summed E-state index contributed by atoms with van der Waals surface area (Å²) < 4.78 is 0. The molecule has 56 heavy (non-hydrogen) atoms. The molecule has 0 fully saturated rings. The van der Waals surface area contributed by atoms with Crippen molar-refractivity contribution in [1.29, 1.82) is 0 Å². The van der Waals surface area contributed by atoms with E-state index in [-0.39, 0.29) is 10.8 Å². The van der Waals surface area contributed by atoms with Crippen molar-refractivity contribution >= 4 is 43.1 Å². The van der Waals surface area contributed by atoms with Gasteiger partial charge in [0, 0.05) is 23.7 Å². The predicted molar refractivity (Wildman–Crippen MR) is 235 cm³/mol. The molecule has 2 heteroatoms. The number of phenolic OH excluding ortho intramolecular Hbond substituents is 2. The normalized spacial score (nSPS) is 12.2. The van der Waals surface area contributed by atoms with Crippen molar-refractivity contribution in [2.75, 3.05) is 0 Å². The van der Waals surface area contributed by atoms with E-state index < -0.39 is 0 Å². The highest BCUT2D eigenvalue weighted by molar-refractivity contribution is 6.10. The van der Waals surface area contributed by atoms with Gasteiger partial charge in [0.05, 0.1) is 0 Å². The van der Waals surface area contributed by atoms with Gasteiger partial charge in [0.25, 0.3) is 0 Å².